The normalized spacial score (nSPS) is 10.1. The minimum absolute atomic E-state index is 0.223. The fraction of sp³-hybridized carbons (Fsp3) is 0.333. The summed E-state index contributed by atoms with van der Waals surface area (Å²) in [5.41, 5.74) is -0.0307. The average Bonchev–Trinajstić information content (AvgIpc) is 2.25. The quantitative estimate of drug-likeness (QED) is 0.453. The third-order valence-electron chi connectivity index (χ3n) is 2.06. The van der Waals surface area contributed by atoms with Gasteiger partial charge in [-0.1, -0.05) is 0 Å². The molecular formula is C9H9ClN2O4. The highest BCUT2D eigenvalue weighted by Gasteiger charge is 2.18. The van der Waals surface area contributed by atoms with E-state index >= 15 is 0 Å². The van der Waals surface area contributed by atoms with Crippen LogP contribution >= 0.6 is 11.6 Å². The van der Waals surface area contributed by atoms with Crippen LogP contribution in [0.25, 0.3) is 0 Å². The standard InChI is InChI=1S/C9H9ClN2O4/c10-5-1-2-7-3-4-8(11(13)14)6-9(7)12(15)16/h3-4,6H,1-2,5H2. The second-order valence-electron chi connectivity index (χ2n) is 3.12. The van der Waals surface area contributed by atoms with Crippen LogP contribution < -0.4 is 0 Å². The van der Waals surface area contributed by atoms with Gasteiger partial charge < -0.3 is 0 Å². The topological polar surface area (TPSA) is 86.3 Å². The summed E-state index contributed by atoms with van der Waals surface area (Å²) in [6, 6.07) is 3.64. The number of benzene rings is 1. The van der Waals surface area contributed by atoms with Crippen molar-refractivity contribution in [3.8, 4) is 0 Å². The molecule has 0 atom stereocenters. The van der Waals surface area contributed by atoms with Crippen molar-refractivity contribution in [3.05, 3.63) is 44.0 Å². The van der Waals surface area contributed by atoms with E-state index in [9.17, 15) is 20.2 Å². The first-order valence-corrected chi connectivity index (χ1v) is 5.07. The predicted molar refractivity (Wildman–Crippen MR) is 58.8 cm³/mol. The lowest BCUT2D eigenvalue weighted by Crippen LogP contribution is -1.98. The highest BCUT2D eigenvalue weighted by atomic mass is 35.5. The van der Waals surface area contributed by atoms with Crippen molar-refractivity contribution in [2.24, 2.45) is 0 Å². The van der Waals surface area contributed by atoms with E-state index in [1.807, 2.05) is 0 Å². The summed E-state index contributed by atoms with van der Waals surface area (Å²) < 4.78 is 0. The van der Waals surface area contributed by atoms with Crippen LogP contribution in [0.1, 0.15) is 12.0 Å². The highest BCUT2D eigenvalue weighted by Crippen LogP contribution is 2.25. The Bertz CT molecular complexity index is 422. The maximum Gasteiger partial charge on any atom is 0.279 e. The van der Waals surface area contributed by atoms with Gasteiger partial charge in [-0.2, -0.15) is 0 Å². The van der Waals surface area contributed by atoms with Gasteiger partial charge in [-0.15, -0.1) is 11.6 Å². The van der Waals surface area contributed by atoms with Crippen LogP contribution in [0.3, 0.4) is 0 Å². The van der Waals surface area contributed by atoms with Gasteiger partial charge in [0.25, 0.3) is 11.4 Å². The van der Waals surface area contributed by atoms with Crippen LogP contribution in [-0.4, -0.2) is 15.7 Å². The molecule has 0 N–H and O–H groups in total. The largest absolute Gasteiger partial charge is 0.279 e. The van der Waals surface area contributed by atoms with Gasteiger partial charge in [0.15, 0.2) is 0 Å². The number of hydrogen-bond donors (Lipinski definition) is 0. The average molecular weight is 245 g/mol. The molecule has 0 fully saturated rings. The van der Waals surface area contributed by atoms with E-state index in [0.29, 0.717) is 24.3 Å². The Kier molecular flexibility index (Phi) is 4.19. The summed E-state index contributed by atoms with van der Waals surface area (Å²) in [7, 11) is 0. The number of non-ortho nitro benzene ring substituents is 1. The van der Waals surface area contributed by atoms with E-state index in [2.05, 4.69) is 0 Å². The molecule has 1 aromatic carbocycles. The SMILES string of the molecule is O=[N+]([O-])c1ccc(CCCCl)c([N+](=O)[O-])c1. The molecule has 1 rings (SSSR count). The molecule has 0 bridgehead atoms. The smallest absolute Gasteiger partial charge is 0.258 e. The van der Waals surface area contributed by atoms with Crippen molar-refractivity contribution in [1.29, 1.82) is 0 Å². The second kappa shape index (κ2) is 5.41. The molecule has 0 aliphatic heterocycles. The van der Waals surface area contributed by atoms with Crippen LogP contribution in [-0.2, 0) is 6.42 Å². The van der Waals surface area contributed by atoms with Crippen molar-refractivity contribution in [1.82, 2.24) is 0 Å². The first kappa shape index (κ1) is 12.4. The molecule has 1 aromatic rings. The zero-order chi connectivity index (χ0) is 12.1. The molecule has 0 saturated heterocycles. The Hall–Kier alpha value is -1.69. The molecule has 16 heavy (non-hydrogen) atoms. The summed E-state index contributed by atoms with van der Waals surface area (Å²) in [5.74, 6) is 0.397. The predicted octanol–water partition coefficient (Wildman–Crippen LogP) is 2.67. The number of nitro benzene ring substituents is 2. The van der Waals surface area contributed by atoms with E-state index in [4.69, 9.17) is 11.6 Å². The maximum absolute atomic E-state index is 10.7. The van der Waals surface area contributed by atoms with Crippen LogP contribution in [0, 0.1) is 20.2 Å². The Morgan fingerprint density at radius 1 is 1.19 bits per heavy atom. The van der Waals surface area contributed by atoms with Crippen molar-refractivity contribution >= 4 is 23.0 Å². The number of aryl methyl sites for hydroxylation is 1. The molecule has 0 heterocycles. The molecule has 0 unspecified atom stereocenters. The molecule has 0 radical (unpaired) electrons. The van der Waals surface area contributed by atoms with Crippen molar-refractivity contribution < 1.29 is 9.85 Å². The molecule has 86 valence electrons. The van der Waals surface area contributed by atoms with Crippen LogP contribution in [0.2, 0.25) is 0 Å². The lowest BCUT2D eigenvalue weighted by atomic mass is 10.1. The molecule has 0 saturated carbocycles. The highest BCUT2D eigenvalue weighted by molar-refractivity contribution is 6.17. The van der Waals surface area contributed by atoms with Gasteiger partial charge in [0.2, 0.25) is 0 Å². The third kappa shape index (κ3) is 2.90. The molecular weight excluding hydrogens is 236 g/mol. The minimum atomic E-state index is -0.654. The number of rotatable bonds is 5. The molecule has 0 spiro atoms. The first-order chi connectivity index (χ1) is 7.56. The van der Waals surface area contributed by atoms with Gasteiger partial charge >= 0.3 is 0 Å². The summed E-state index contributed by atoms with van der Waals surface area (Å²) in [5, 5.41) is 21.2. The van der Waals surface area contributed by atoms with Gasteiger partial charge in [-0.3, -0.25) is 20.2 Å². The van der Waals surface area contributed by atoms with Crippen molar-refractivity contribution in [3.63, 3.8) is 0 Å². The second-order valence-corrected chi connectivity index (χ2v) is 3.50. The molecule has 0 aliphatic rings. The van der Waals surface area contributed by atoms with E-state index in [1.54, 1.807) is 0 Å². The molecule has 7 heteroatoms. The van der Waals surface area contributed by atoms with Gasteiger partial charge in [-0.05, 0) is 18.9 Å². The van der Waals surface area contributed by atoms with Crippen LogP contribution in [0.5, 0.6) is 0 Å². The van der Waals surface area contributed by atoms with Gasteiger partial charge in [-0.25, -0.2) is 0 Å². The van der Waals surface area contributed by atoms with Crippen LogP contribution in [0.4, 0.5) is 11.4 Å². The molecule has 0 aliphatic carbocycles. The van der Waals surface area contributed by atoms with Crippen molar-refractivity contribution in [2.75, 3.05) is 5.88 Å². The third-order valence-corrected chi connectivity index (χ3v) is 2.32. The monoisotopic (exact) mass is 244 g/mol. The maximum atomic E-state index is 10.7. The molecule has 0 aromatic heterocycles. The van der Waals surface area contributed by atoms with E-state index < -0.39 is 9.85 Å². The molecule has 6 nitrogen and oxygen atoms in total. The summed E-state index contributed by atoms with van der Waals surface area (Å²) >= 11 is 5.49. The molecule has 0 amide bonds. The number of nitro groups is 2. The fourth-order valence-electron chi connectivity index (χ4n) is 1.30. The Balaban J connectivity index is 3.09. The fourth-order valence-corrected chi connectivity index (χ4v) is 1.44. The van der Waals surface area contributed by atoms with Gasteiger partial charge in [0.05, 0.1) is 15.9 Å². The first-order valence-electron chi connectivity index (χ1n) is 4.54. The number of nitrogens with zero attached hydrogens (tertiary/aromatic N) is 2. The van der Waals surface area contributed by atoms with E-state index in [-0.39, 0.29) is 11.4 Å². The Morgan fingerprint density at radius 3 is 2.38 bits per heavy atom. The summed E-state index contributed by atoms with van der Waals surface area (Å²) in [4.78, 5) is 19.9. The van der Waals surface area contributed by atoms with Crippen LogP contribution in [0.15, 0.2) is 18.2 Å². The van der Waals surface area contributed by atoms with E-state index in [1.165, 1.54) is 12.1 Å². The number of alkyl halides is 1. The zero-order valence-electron chi connectivity index (χ0n) is 8.26. The zero-order valence-corrected chi connectivity index (χ0v) is 9.01. The lowest BCUT2D eigenvalue weighted by molar-refractivity contribution is -0.394. The van der Waals surface area contributed by atoms with E-state index in [0.717, 1.165) is 6.07 Å². The minimum Gasteiger partial charge on any atom is -0.258 e. The summed E-state index contributed by atoms with van der Waals surface area (Å²) in [6.45, 7) is 0. The lowest BCUT2D eigenvalue weighted by Gasteiger charge is -2.01. The van der Waals surface area contributed by atoms with Gasteiger partial charge in [0, 0.05) is 17.5 Å². The number of hydrogen-bond acceptors (Lipinski definition) is 4. The number of halogens is 1. The van der Waals surface area contributed by atoms with Crippen molar-refractivity contribution in [2.45, 2.75) is 12.8 Å². The van der Waals surface area contributed by atoms with Gasteiger partial charge in [0.1, 0.15) is 0 Å². The Labute approximate surface area is 96.1 Å². The summed E-state index contributed by atoms with van der Waals surface area (Å²) in [6.07, 6.45) is 1.04. The Morgan fingerprint density at radius 2 is 1.88 bits per heavy atom.